The van der Waals surface area contributed by atoms with E-state index in [9.17, 15) is 9.90 Å². The van der Waals surface area contributed by atoms with E-state index in [1.54, 1.807) is 0 Å². The highest BCUT2D eigenvalue weighted by Crippen LogP contribution is 2.36. The molecule has 0 radical (unpaired) electrons. The van der Waals surface area contributed by atoms with E-state index in [2.05, 4.69) is 27.8 Å². The van der Waals surface area contributed by atoms with E-state index >= 15 is 0 Å². The molecular weight excluding hydrogens is 536 g/mol. The van der Waals surface area contributed by atoms with Crippen molar-refractivity contribution < 1.29 is 9.90 Å². The van der Waals surface area contributed by atoms with E-state index in [0.717, 1.165) is 59.9 Å². The first-order valence-electron chi connectivity index (χ1n) is 14.5. The van der Waals surface area contributed by atoms with Gasteiger partial charge in [0, 0.05) is 62.0 Å². The highest BCUT2D eigenvalue weighted by Gasteiger charge is 2.40. The van der Waals surface area contributed by atoms with Crippen LogP contribution in [-0.2, 0) is 12.0 Å². The summed E-state index contributed by atoms with van der Waals surface area (Å²) in [6.07, 6.45) is 4.88. The first-order chi connectivity index (χ1) is 19.8. The Hall–Kier alpha value is -3.46. The van der Waals surface area contributed by atoms with Crippen LogP contribution in [0.4, 0.5) is 5.69 Å². The maximum absolute atomic E-state index is 13.3. The number of carbonyl (C=O) groups is 1. The molecule has 8 nitrogen and oxygen atoms in total. The number of likely N-dealkylation sites (N-methyl/N-ethyl adjacent to an activating group) is 1. The van der Waals surface area contributed by atoms with Crippen molar-refractivity contribution in [3.8, 4) is 0 Å². The third kappa shape index (κ3) is 5.09. The number of hydrogen-bond acceptors (Lipinski definition) is 6. The van der Waals surface area contributed by atoms with Gasteiger partial charge in [0.15, 0.2) is 11.5 Å². The Kier molecular flexibility index (Phi) is 6.72. The summed E-state index contributed by atoms with van der Waals surface area (Å²) in [4.78, 5) is 24.9. The van der Waals surface area contributed by atoms with Crippen LogP contribution in [0.25, 0.3) is 5.65 Å². The Labute approximate surface area is 245 Å². The van der Waals surface area contributed by atoms with E-state index in [1.165, 1.54) is 0 Å². The van der Waals surface area contributed by atoms with Crippen LogP contribution < -0.4 is 4.90 Å². The van der Waals surface area contributed by atoms with Crippen molar-refractivity contribution in [2.75, 3.05) is 44.7 Å². The van der Waals surface area contributed by atoms with E-state index in [1.807, 2.05) is 65.3 Å². The van der Waals surface area contributed by atoms with Crippen LogP contribution in [0, 0.1) is 5.92 Å². The lowest BCUT2D eigenvalue weighted by Crippen LogP contribution is -2.42. The minimum Gasteiger partial charge on any atom is -0.385 e. The quantitative estimate of drug-likeness (QED) is 0.387. The lowest BCUT2D eigenvalue weighted by Gasteiger charge is -2.39. The number of piperidine rings is 2. The molecule has 5 heterocycles. The standard InChI is InChI=1S/C32H35ClN6O2/c1-36-19-23-17-27(21-36)38(20-23)31(40)24-6-4-22(5-7-24)18-29-34-30-28(3-2-14-39(30)35-29)37-15-12-32(41,13-16-37)25-8-10-26(33)11-9-25/h2-11,14,23,27,41H,12-13,15-21H2,1H3. The van der Waals surface area contributed by atoms with Crippen molar-refractivity contribution in [3.05, 3.63) is 94.4 Å². The van der Waals surface area contributed by atoms with Gasteiger partial charge in [0.2, 0.25) is 0 Å². The molecule has 2 aromatic carbocycles. The third-order valence-corrected chi connectivity index (χ3v) is 9.37. The second-order valence-electron chi connectivity index (χ2n) is 12.0. The fourth-order valence-corrected chi connectivity index (χ4v) is 7.11. The summed E-state index contributed by atoms with van der Waals surface area (Å²) in [5.41, 5.74) is 3.71. The van der Waals surface area contributed by atoms with E-state index in [-0.39, 0.29) is 5.91 Å². The lowest BCUT2D eigenvalue weighted by atomic mass is 9.84. The van der Waals surface area contributed by atoms with Gasteiger partial charge in [0.1, 0.15) is 0 Å². The van der Waals surface area contributed by atoms with Gasteiger partial charge in [-0.2, -0.15) is 5.10 Å². The summed E-state index contributed by atoms with van der Waals surface area (Å²) >= 11 is 6.05. The van der Waals surface area contributed by atoms with Gasteiger partial charge in [-0.3, -0.25) is 4.79 Å². The molecule has 2 unspecified atom stereocenters. The molecule has 7 rings (SSSR count). The minimum atomic E-state index is -0.859. The second kappa shape index (κ2) is 10.4. The topological polar surface area (TPSA) is 77.2 Å². The van der Waals surface area contributed by atoms with Crippen molar-refractivity contribution in [2.45, 2.75) is 37.3 Å². The largest absolute Gasteiger partial charge is 0.385 e. The van der Waals surface area contributed by atoms with Crippen molar-refractivity contribution in [1.29, 1.82) is 0 Å². The Bertz CT molecular complexity index is 1560. The molecule has 3 fully saturated rings. The zero-order chi connectivity index (χ0) is 28.1. The number of aromatic nitrogens is 3. The molecule has 2 aromatic heterocycles. The van der Waals surface area contributed by atoms with Crippen LogP contribution in [0.15, 0.2) is 66.9 Å². The van der Waals surface area contributed by atoms with E-state index in [4.69, 9.17) is 21.7 Å². The van der Waals surface area contributed by atoms with Gasteiger partial charge in [-0.25, -0.2) is 9.50 Å². The molecule has 3 aliphatic heterocycles. The third-order valence-electron chi connectivity index (χ3n) is 9.12. The summed E-state index contributed by atoms with van der Waals surface area (Å²) in [5, 5.41) is 16.7. The first kappa shape index (κ1) is 26.4. The number of aliphatic hydroxyl groups is 1. The average Bonchev–Trinajstić information content (AvgIpc) is 3.52. The first-order valence-corrected chi connectivity index (χ1v) is 14.9. The van der Waals surface area contributed by atoms with Crippen LogP contribution >= 0.6 is 11.6 Å². The molecule has 0 spiro atoms. The van der Waals surface area contributed by atoms with Crippen LogP contribution in [0.2, 0.25) is 5.02 Å². The van der Waals surface area contributed by atoms with Gasteiger partial charge >= 0.3 is 0 Å². The number of fused-ring (bicyclic) bond motifs is 3. The fraction of sp³-hybridized carbons (Fsp3) is 0.406. The van der Waals surface area contributed by atoms with Crippen LogP contribution in [0.5, 0.6) is 0 Å². The second-order valence-corrected chi connectivity index (χ2v) is 12.5. The molecule has 1 N–H and O–H groups in total. The van der Waals surface area contributed by atoms with Crippen molar-refractivity contribution in [2.24, 2.45) is 5.92 Å². The zero-order valence-corrected chi connectivity index (χ0v) is 24.0. The molecule has 4 aromatic rings. The molecule has 0 saturated carbocycles. The summed E-state index contributed by atoms with van der Waals surface area (Å²) < 4.78 is 1.84. The number of likely N-dealkylation sites (tertiary alicyclic amines) is 2. The maximum atomic E-state index is 13.3. The Morgan fingerprint density at radius 1 is 1.02 bits per heavy atom. The van der Waals surface area contributed by atoms with Gasteiger partial charge in [0.25, 0.3) is 5.91 Å². The molecule has 3 saturated heterocycles. The summed E-state index contributed by atoms with van der Waals surface area (Å²) in [5.74, 6) is 1.47. The number of benzene rings is 2. The molecular formula is C32H35ClN6O2. The predicted octanol–water partition coefficient (Wildman–Crippen LogP) is 4.24. The number of carbonyl (C=O) groups excluding carboxylic acids is 1. The molecule has 1 amide bonds. The molecule has 2 atom stereocenters. The Morgan fingerprint density at radius 3 is 2.54 bits per heavy atom. The minimum absolute atomic E-state index is 0.138. The number of halogens is 1. The van der Waals surface area contributed by atoms with Crippen LogP contribution in [0.3, 0.4) is 0 Å². The SMILES string of the molecule is CN1CC2CC(C1)N(C(=O)c1ccc(Cc3nc4c(N5CCC(O)(c6ccc(Cl)cc6)CC5)cccn4n3)cc1)C2. The number of nitrogens with zero attached hydrogens (tertiary/aromatic N) is 6. The van der Waals surface area contributed by atoms with Crippen molar-refractivity contribution in [1.82, 2.24) is 24.4 Å². The molecule has 41 heavy (non-hydrogen) atoms. The van der Waals surface area contributed by atoms with Crippen LogP contribution in [0.1, 0.15) is 46.6 Å². The molecule has 3 aliphatic rings. The molecule has 2 bridgehead atoms. The van der Waals surface area contributed by atoms with Gasteiger partial charge in [0.05, 0.1) is 11.3 Å². The highest BCUT2D eigenvalue weighted by molar-refractivity contribution is 6.30. The monoisotopic (exact) mass is 570 g/mol. The summed E-state index contributed by atoms with van der Waals surface area (Å²) in [6.45, 7) is 4.33. The summed E-state index contributed by atoms with van der Waals surface area (Å²) in [7, 11) is 2.15. The van der Waals surface area contributed by atoms with E-state index < -0.39 is 5.60 Å². The molecule has 9 heteroatoms. The van der Waals surface area contributed by atoms with Crippen LogP contribution in [-0.4, -0.2) is 81.2 Å². The smallest absolute Gasteiger partial charge is 0.254 e. The van der Waals surface area contributed by atoms with E-state index in [0.29, 0.717) is 49.3 Å². The number of pyridine rings is 1. The number of hydrogen-bond donors (Lipinski definition) is 1. The fourth-order valence-electron chi connectivity index (χ4n) is 6.98. The van der Waals surface area contributed by atoms with Gasteiger partial charge < -0.3 is 19.8 Å². The number of rotatable bonds is 5. The maximum Gasteiger partial charge on any atom is 0.254 e. The normalized spacial score (nSPS) is 22.4. The Balaban J connectivity index is 1.04. The highest BCUT2D eigenvalue weighted by atomic mass is 35.5. The van der Waals surface area contributed by atoms with Gasteiger partial charge in [-0.1, -0.05) is 35.9 Å². The molecule has 212 valence electrons. The molecule has 0 aliphatic carbocycles. The summed E-state index contributed by atoms with van der Waals surface area (Å²) in [6, 6.07) is 19.8. The Morgan fingerprint density at radius 2 is 1.78 bits per heavy atom. The van der Waals surface area contributed by atoms with Gasteiger partial charge in [-0.05, 0) is 79.8 Å². The lowest BCUT2D eigenvalue weighted by molar-refractivity contribution is 0.0118. The predicted molar refractivity (Wildman–Crippen MR) is 159 cm³/mol. The van der Waals surface area contributed by atoms with Crippen molar-refractivity contribution in [3.63, 3.8) is 0 Å². The average molecular weight is 571 g/mol. The number of anilines is 1. The van der Waals surface area contributed by atoms with Crippen molar-refractivity contribution >= 4 is 28.8 Å². The zero-order valence-electron chi connectivity index (χ0n) is 23.3. The van der Waals surface area contributed by atoms with Gasteiger partial charge in [-0.15, -0.1) is 0 Å². The number of amides is 1.